The van der Waals surface area contributed by atoms with Gasteiger partial charge in [0.1, 0.15) is 0 Å². The summed E-state index contributed by atoms with van der Waals surface area (Å²) in [5.41, 5.74) is -0.683. The maximum absolute atomic E-state index is 10.5. The van der Waals surface area contributed by atoms with Crippen LogP contribution in [0.25, 0.3) is 0 Å². The third-order valence-electron chi connectivity index (χ3n) is 1.44. The molecule has 68 valence electrons. The molecular formula is C8H3O4PbSb. The predicted octanol–water partition coefficient (Wildman–Crippen LogP) is -3.17. The molecule has 0 saturated heterocycles. The molecule has 0 aliphatic carbocycles. The Hall–Kier alpha value is -0.0997. The quantitative estimate of drug-likeness (QED) is 0.409. The first-order valence-corrected chi connectivity index (χ1v) is 4.55. The minimum Gasteiger partial charge on any atom is 2.00 e. The fraction of sp³-hybridized carbons (Fsp3) is 0. The second-order valence-electron chi connectivity index (χ2n) is 2.30. The molecule has 0 amide bonds. The molecule has 0 N–H and O–H groups in total. The third-order valence-corrected chi connectivity index (χ3v) is 2.24. The molecule has 0 bridgehead atoms. The number of carboxylic acid groups (broad SMARTS) is 2. The van der Waals surface area contributed by atoms with Gasteiger partial charge in [0.15, 0.2) is 0 Å². The molecule has 0 aromatic heterocycles. The van der Waals surface area contributed by atoms with Crippen molar-refractivity contribution >= 4 is 65.8 Å². The summed E-state index contributed by atoms with van der Waals surface area (Å²) >= 11 is 1.30. The number of carbonyl (C=O) groups excluding carboxylic acids is 2. The van der Waals surface area contributed by atoms with Crippen molar-refractivity contribution in [2.24, 2.45) is 0 Å². The van der Waals surface area contributed by atoms with Gasteiger partial charge in [0, 0.05) is 0 Å². The standard InChI is InChI=1S/C8H5O4.Pb.Sb/c9-7(10)5-3-1-2-4-6(5)8(11)12;;/h1,3-4H,(H,9,10)(H,11,12);;/q;+2;/p-2. The van der Waals surface area contributed by atoms with Crippen LogP contribution in [0.15, 0.2) is 18.2 Å². The van der Waals surface area contributed by atoms with Crippen LogP contribution in [0.2, 0.25) is 0 Å². The molecule has 0 spiro atoms. The number of carbonyl (C=O) groups is 2. The average molecular weight is 492 g/mol. The molecule has 1 aromatic rings. The zero-order valence-corrected chi connectivity index (χ0v) is 13.3. The summed E-state index contributed by atoms with van der Waals surface area (Å²) in [6.07, 6.45) is 0. The van der Waals surface area contributed by atoms with Gasteiger partial charge in [0.05, 0.1) is 0 Å². The first-order chi connectivity index (χ1) is 6.02. The Morgan fingerprint density at radius 2 is 1.57 bits per heavy atom. The van der Waals surface area contributed by atoms with Crippen molar-refractivity contribution in [1.82, 2.24) is 0 Å². The summed E-state index contributed by atoms with van der Waals surface area (Å²) in [4.78, 5) is 20.9. The summed E-state index contributed by atoms with van der Waals surface area (Å²) in [5.74, 6) is -3.01. The topological polar surface area (TPSA) is 80.3 Å². The molecule has 0 aliphatic rings. The monoisotopic (exact) mass is 492 g/mol. The van der Waals surface area contributed by atoms with Gasteiger partial charge >= 0.3 is 115 Å². The average Bonchev–Trinajstić information content (AvgIpc) is 2.03. The van der Waals surface area contributed by atoms with Crippen LogP contribution in [-0.4, -0.2) is 62.3 Å². The first-order valence-electron chi connectivity index (χ1n) is 3.28. The van der Waals surface area contributed by atoms with E-state index in [1.807, 2.05) is 0 Å². The fourth-order valence-electron chi connectivity index (χ4n) is 0.879. The van der Waals surface area contributed by atoms with E-state index in [4.69, 9.17) is 0 Å². The number of aromatic carboxylic acids is 2. The minimum atomic E-state index is -1.51. The summed E-state index contributed by atoms with van der Waals surface area (Å²) in [5, 5.41) is 20.9. The maximum Gasteiger partial charge on any atom is 2.00 e. The molecule has 14 heavy (non-hydrogen) atoms. The summed E-state index contributed by atoms with van der Waals surface area (Å²) in [7, 11) is 0. The Morgan fingerprint density at radius 3 is 2.00 bits per heavy atom. The second kappa shape index (κ2) is 5.70. The van der Waals surface area contributed by atoms with Crippen molar-refractivity contribution in [3.8, 4) is 0 Å². The van der Waals surface area contributed by atoms with Gasteiger partial charge in [-0.25, -0.2) is 0 Å². The van der Waals surface area contributed by atoms with E-state index in [1.54, 1.807) is 0 Å². The van der Waals surface area contributed by atoms with Crippen LogP contribution >= 0.6 is 0 Å². The van der Waals surface area contributed by atoms with Gasteiger partial charge in [0.2, 0.25) is 0 Å². The molecule has 6 heteroatoms. The number of hydrogen-bond donors (Lipinski definition) is 0. The summed E-state index contributed by atoms with van der Waals surface area (Å²) in [6, 6.07) is 3.98. The van der Waals surface area contributed by atoms with Gasteiger partial charge in [-0.3, -0.25) is 0 Å². The number of rotatable bonds is 2. The van der Waals surface area contributed by atoms with Crippen LogP contribution in [0.4, 0.5) is 0 Å². The zero-order chi connectivity index (χ0) is 10.0. The van der Waals surface area contributed by atoms with Crippen molar-refractivity contribution in [2.45, 2.75) is 0 Å². The molecule has 0 heterocycles. The molecular weight excluding hydrogens is 489 g/mol. The molecule has 0 saturated carbocycles. The number of carboxylic acids is 2. The molecule has 4 nitrogen and oxygen atoms in total. The van der Waals surface area contributed by atoms with E-state index in [1.165, 1.54) is 41.2 Å². The van der Waals surface area contributed by atoms with Gasteiger partial charge in [0.25, 0.3) is 0 Å². The molecule has 0 fully saturated rings. The Labute approximate surface area is 114 Å². The molecule has 0 atom stereocenters. The summed E-state index contributed by atoms with van der Waals surface area (Å²) < 4.78 is 0.707. The van der Waals surface area contributed by atoms with E-state index >= 15 is 0 Å². The van der Waals surface area contributed by atoms with E-state index < -0.39 is 11.9 Å². The number of hydrogen-bond acceptors (Lipinski definition) is 4. The molecule has 1 rings (SSSR count). The van der Waals surface area contributed by atoms with Crippen LogP contribution in [0, 0.1) is 0 Å². The van der Waals surface area contributed by atoms with E-state index in [0.29, 0.717) is 3.51 Å². The largest absolute Gasteiger partial charge is 2.00 e. The SMILES string of the molecule is O=C([O-])c1cc[c]([Sb])cc1C(=O)[O-].[Pb+2]. The van der Waals surface area contributed by atoms with Gasteiger partial charge in [-0.05, 0) is 0 Å². The van der Waals surface area contributed by atoms with Crippen LogP contribution in [0.1, 0.15) is 20.7 Å². The second-order valence-corrected chi connectivity index (χ2v) is 3.78. The van der Waals surface area contributed by atoms with Crippen LogP contribution in [0.5, 0.6) is 0 Å². The van der Waals surface area contributed by atoms with E-state index in [2.05, 4.69) is 0 Å². The minimum absolute atomic E-state index is 0. The first kappa shape index (κ1) is 13.9. The molecule has 4 radical (unpaired) electrons. The van der Waals surface area contributed by atoms with Crippen LogP contribution in [-0.2, 0) is 0 Å². The van der Waals surface area contributed by atoms with Crippen LogP contribution < -0.4 is 13.7 Å². The Bertz CT molecular complexity index is 378. The van der Waals surface area contributed by atoms with Crippen molar-refractivity contribution in [3.05, 3.63) is 29.3 Å². The van der Waals surface area contributed by atoms with Crippen molar-refractivity contribution in [1.29, 1.82) is 0 Å². The molecule has 0 unspecified atom stereocenters. The van der Waals surface area contributed by atoms with Crippen molar-refractivity contribution < 1.29 is 19.8 Å². The van der Waals surface area contributed by atoms with E-state index in [9.17, 15) is 19.8 Å². The van der Waals surface area contributed by atoms with Gasteiger partial charge in [-0.2, -0.15) is 0 Å². The van der Waals surface area contributed by atoms with E-state index in [-0.39, 0.29) is 38.4 Å². The third kappa shape index (κ3) is 3.24. The van der Waals surface area contributed by atoms with Gasteiger partial charge < -0.3 is 0 Å². The fourth-order valence-corrected chi connectivity index (χ4v) is 1.46. The molecule has 1 aromatic carbocycles. The van der Waals surface area contributed by atoms with Crippen LogP contribution in [0.3, 0.4) is 0 Å². The van der Waals surface area contributed by atoms with Crippen molar-refractivity contribution in [3.63, 3.8) is 0 Å². The van der Waals surface area contributed by atoms with E-state index in [0.717, 1.165) is 0 Å². The Balaban J connectivity index is 0.00000169. The smallest absolute Gasteiger partial charge is 2.00 e. The van der Waals surface area contributed by atoms with Crippen molar-refractivity contribution in [2.75, 3.05) is 0 Å². The van der Waals surface area contributed by atoms with Gasteiger partial charge in [-0.1, -0.05) is 0 Å². The molecule has 0 aliphatic heterocycles. The Kier molecular flexibility index (Phi) is 5.66. The summed E-state index contributed by atoms with van der Waals surface area (Å²) in [6.45, 7) is 0. The van der Waals surface area contributed by atoms with Gasteiger partial charge in [-0.15, -0.1) is 0 Å². The maximum atomic E-state index is 10.5. The normalized spacial score (nSPS) is 8.93. The zero-order valence-electron chi connectivity index (χ0n) is 6.81. The number of benzene rings is 1. The predicted molar refractivity (Wildman–Crippen MR) is 46.2 cm³/mol. The Morgan fingerprint density at radius 1 is 1.07 bits per heavy atom.